The second-order valence-corrected chi connectivity index (χ2v) is 8.47. The smallest absolute Gasteiger partial charge is 0.332 e. The summed E-state index contributed by atoms with van der Waals surface area (Å²) in [6.07, 6.45) is 1.40. The molecule has 2 aliphatic heterocycles. The van der Waals surface area contributed by atoms with Gasteiger partial charge in [-0.1, -0.05) is 12.1 Å². The molecule has 0 radical (unpaired) electrons. The molecule has 5 rings (SSSR count). The van der Waals surface area contributed by atoms with Crippen LogP contribution in [-0.4, -0.2) is 37.8 Å². The largest absolute Gasteiger partial charge is 0.419 e. The van der Waals surface area contributed by atoms with Gasteiger partial charge in [0.1, 0.15) is 11.6 Å². The van der Waals surface area contributed by atoms with Crippen LogP contribution < -0.4 is 0 Å². The Morgan fingerprint density at radius 3 is 2.52 bits per heavy atom. The van der Waals surface area contributed by atoms with Gasteiger partial charge in [-0.15, -0.1) is 0 Å². The average Bonchev–Trinajstić information content (AvgIpc) is 3.36. The monoisotopic (exact) mass is 456 g/mol. The second-order valence-electron chi connectivity index (χ2n) is 8.47. The fourth-order valence-electron chi connectivity index (χ4n) is 5.10. The Labute approximate surface area is 187 Å². The fraction of sp³-hybridized carbons (Fsp3) is 0.333. The predicted octanol–water partition coefficient (Wildman–Crippen LogP) is 4.93. The lowest BCUT2D eigenvalue weighted by Gasteiger charge is -2.25. The summed E-state index contributed by atoms with van der Waals surface area (Å²) in [6.45, 7) is 0. The zero-order valence-corrected chi connectivity index (χ0v) is 17.5. The molecule has 1 aromatic carbocycles. The molecule has 2 bridgehead atoms. The van der Waals surface area contributed by atoms with Crippen LogP contribution in [-0.2, 0) is 12.6 Å². The molecule has 2 aromatic heterocycles. The van der Waals surface area contributed by atoms with Crippen LogP contribution in [0.2, 0.25) is 0 Å². The topological polar surface area (TPSA) is 59.0 Å². The number of halogens is 4. The molecule has 3 aromatic rings. The summed E-state index contributed by atoms with van der Waals surface area (Å²) in [5, 5.41) is 0. The third-order valence-corrected chi connectivity index (χ3v) is 6.54. The van der Waals surface area contributed by atoms with Gasteiger partial charge in [-0.05, 0) is 49.4 Å². The van der Waals surface area contributed by atoms with Crippen molar-refractivity contribution in [1.82, 2.24) is 19.9 Å². The Balaban J connectivity index is 1.39. The van der Waals surface area contributed by atoms with E-state index in [1.807, 2.05) is 4.90 Å². The van der Waals surface area contributed by atoms with E-state index in [-0.39, 0.29) is 35.0 Å². The molecule has 2 fully saturated rings. The molecule has 0 N–H and O–H groups in total. The van der Waals surface area contributed by atoms with E-state index in [1.54, 1.807) is 30.5 Å². The normalized spacial score (nSPS) is 22.1. The molecule has 9 heteroatoms. The number of carbonyl (C=O) groups excluding carboxylic acids is 1. The molecule has 33 heavy (non-hydrogen) atoms. The molecule has 3 atom stereocenters. The highest BCUT2D eigenvalue weighted by Crippen LogP contribution is 2.44. The first-order valence-electron chi connectivity index (χ1n) is 10.7. The number of carbonyl (C=O) groups is 1. The third kappa shape index (κ3) is 3.96. The number of rotatable bonds is 4. The average molecular weight is 456 g/mol. The number of aromatic nitrogens is 3. The lowest BCUT2D eigenvalue weighted by Crippen LogP contribution is -2.37. The van der Waals surface area contributed by atoms with Crippen molar-refractivity contribution in [3.05, 3.63) is 77.8 Å². The molecule has 0 spiro atoms. The van der Waals surface area contributed by atoms with Gasteiger partial charge in [0, 0.05) is 42.7 Å². The number of amides is 1. The van der Waals surface area contributed by atoms with Gasteiger partial charge in [0.2, 0.25) is 0 Å². The van der Waals surface area contributed by atoms with Crippen LogP contribution >= 0.6 is 0 Å². The quantitative estimate of drug-likeness (QED) is 0.523. The zero-order chi connectivity index (χ0) is 23.2. The summed E-state index contributed by atoms with van der Waals surface area (Å²) in [7, 11) is 0. The standard InChI is InChI=1S/C24H20F4N4O/c25-18-5-3-4-17(22(18)19-6-1-2-9-29-19)23(33)32-16-7-8-20(32)14(10-16)11-21-30-12-15(13-31-21)24(26,27)28/h1-6,9,12-14,16,20H,7-8,10-11H2. The molecule has 2 aliphatic rings. The van der Waals surface area contributed by atoms with Crippen molar-refractivity contribution in [2.24, 2.45) is 5.92 Å². The Hall–Kier alpha value is -3.36. The number of fused-ring (bicyclic) bond motifs is 2. The van der Waals surface area contributed by atoms with E-state index in [1.165, 1.54) is 12.1 Å². The van der Waals surface area contributed by atoms with E-state index in [9.17, 15) is 22.4 Å². The predicted molar refractivity (Wildman–Crippen MR) is 111 cm³/mol. The number of nitrogens with zero attached hydrogens (tertiary/aromatic N) is 4. The molecule has 170 valence electrons. The molecule has 2 saturated heterocycles. The van der Waals surface area contributed by atoms with Gasteiger partial charge in [0.05, 0.1) is 16.8 Å². The van der Waals surface area contributed by atoms with Crippen molar-refractivity contribution in [1.29, 1.82) is 0 Å². The minimum absolute atomic E-state index is 0.00167. The summed E-state index contributed by atoms with van der Waals surface area (Å²) in [4.78, 5) is 27.4. The number of benzene rings is 1. The highest BCUT2D eigenvalue weighted by molar-refractivity contribution is 6.01. The minimum Gasteiger partial charge on any atom is -0.332 e. The van der Waals surface area contributed by atoms with Gasteiger partial charge in [0.25, 0.3) is 5.91 Å². The van der Waals surface area contributed by atoms with Crippen molar-refractivity contribution in [3.63, 3.8) is 0 Å². The molecule has 0 aliphatic carbocycles. The molecular formula is C24H20F4N4O. The summed E-state index contributed by atoms with van der Waals surface area (Å²) in [5.41, 5.74) is -0.0570. The van der Waals surface area contributed by atoms with Crippen molar-refractivity contribution >= 4 is 5.91 Å². The van der Waals surface area contributed by atoms with Gasteiger partial charge in [-0.25, -0.2) is 14.4 Å². The summed E-state index contributed by atoms with van der Waals surface area (Å²) in [5.74, 6) is -0.400. The fourth-order valence-corrected chi connectivity index (χ4v) is 5.10. The highest BCUT2D eigenvalue weighted by atomic mass is 19.4. The summed E-state index contributed by atoms with van der Waals surface area (Å²) in [6, 6.07) is 9.48. The summed E-state index contributed by atoms with van der Waals surface area (Å²) >= 11 is 0. The van der Waals surface area contributed by atoms with Crippen molar-refractivity contribution < 1.29 is 22.4 Å². The van der Waals surface area contributed by atoms with E-state index in [0.717, 1.165) is 31.7 Å². The van der Waals surface area contributed by atoms with E-state index in [4.69, 9.17) is 0 Å². The second kappa shape index (κ2) is 8.20. The minimum atomic E-state index is -4.48. The van der Waals surface area contributed by atoms with Gasteiger partial charge in [0.15, 0.2) is 0 Å². The molecule has 4 heterocycles. The van der Waals surface area contributed by atoms with E-state index in [0.29, 0.717) is 17.9 Å². The summed E-state index contributed by atoms with van der Waals surface area (Å²) < 4.78 is 53.1. The zero-order valence-electron chi connectivity index (χ0n) is 17.5. The Morgan fingerprint density at radius 2 is 1.82 bits per heavy atom. The van der Waals surface area contributed by atoms with Gasteiger partial charge >= 0.3 is 6.18 Å². The van der Waals surface area contributed by atoms with Crippen molar-refractivity contribution in [3.8, 4) is 11.3 Å². The lowest BCUT2D eigenvalue weighted by molar-refractivity contribution is -0.138. The van der Waals surface area contributed by atoms with Crippen LogP contribution in [0.25, 0.3) is 11.3 Å². The maximum atomic E-state index is 14.8. The number of alkyl halides is 3. The van der Waals surface area contributed by atoms with Crippen LogP contribution in [0.15, 0.2) is 55.0 Å². The SMILES string of the molecule is O=C(c1cccc(F)c1-c1ccccn1)N1C2CCC1C(Cc1ncc(C(F)(F)F)cn1)C2. The Bertz CT molecular complexity index is 1170. The van der Waals surface area contributed by atoms with Crippen molar-refractivity contribution in [2.75, 3.05) is 0 Å². The van der Waals surface area contributed by atoms with Crippen LogP contribution in [0.5, 0.6) is 0 Å². The molecule has 3 unspecified atom stereocenters. The molecule has 0 saturated carbocycles. The first-order chi connectivity index (χ1) is 15.8. The lowest BCUT2D eigenvalue weighted by atomic mass is 9.86. The van der Waals surface area contributed by atoms with E-state index in [2.05, 4.69) is 15.0 Å². The number of hydrogen-bond acceptors (Lipinski definition) is 4. The van der Waals surface area contributed by atoms with Gasteiger partial charge < -0.3 is 4.90 Å². The van der Waals surface area contributed by atoms with Crippen LogP contribution in [0.3, 0.4) is 0 Å². The first-order valence-corrected chi connectivity index (χ1v) is 10.7. The number of hydrogen-bond donors (Lipinski definition) is 0. The maximum absolute atomic E-state index is 14.8. The third-order valence-electron chi connectivity index (χ3n) is 6.54. The van der Waals surface area contributed by atoms with Gasteiger partial charge in [-0.2, -0.15) is 13.2 Å². The highest BCUT2D eigenvalue weighted by Gasteiger charge is 2.49. The first kappa shape index (κ1) is 21.5. The van der Waals surface area contributed by atoms with E-state index >= 15 is 0 Å². The molecular weight excluding hydrogens is 436 g/mol. The van der Waals surface area contributed by atoms with Crippen LogP contribution in [0.1, 0.15) is 41.0 Å². The Kier molecular flexibility index (Phi) is 5.34. The molecule has 1 amide bonds. The van der Waals surface area contributed by atoms with Crippen LogP contribution in [0, 0.1) is 11.7 Å². The Morgan fingerprint density at radius 1 is 1.03 bits per heavy atom. The van der Waals surface area contributed by atoms with Gasteiger partial charge in [-0.3, -0.25) is 9.78 Å². The van der Waals surface area contributed by atoms with Crippen molar-refractivity contribution in [2.45, 2.75) is 43.9 Å². The van der Waals surface area contributed by atoms with E-state index < -0.39 is 17.6 Å². The maximum Gasteiger partial charge on any atom is 0.419 e. The molecule has 5 nitrogen and oxygen atoms in total. The number of pyridine rings is 1. The van der Waals surface area contributed by atoms with Crippen LogP contribution in [0.4, 0.5) is 17.6 Å².